The molecule has 0 aromatic rings. The van der Waals surface area contributed by atoms with Gasteiger partial charge in [-0.1, -0.05) is 6.42 Å². The molecule has 0 aromatic carbocycles. The fourth-order valence-corrected chi connectivity index (χ4v) is 2.60. The summed E-state index contributed by atoms with van der Waals surface area (Å²) in [5.41, 5.74) is 0. The second-order valence-electron chi connectivity index (χ2n) is 2.69. The Kier molecular flexibility index (Phi) is 2.72. The van der Waals surface area contributed by atoms with Crippen LogP contribution in [0.4, 0.5) is 0 Å². The van der Waals surface area contributed by atoms with Gasteiger partial charge in [-0.3, -0.25) is 0 Å². The molecule has 0 radical (unpaired) electrons. The summed E-state index contributed by atoms with van der Waals surface area (Å²) in [5.74, 6) is 0. The molecule has 0 saturated heterocycles. The summed E-state index contributed by atoms with van der Waals surface area (Å²) in [6, 6.07) is 0. The summed E-state index contributed by atoms with van der Waals surface area (Å²) in [7, 11) is 5.89. The maximum Gasteiger partial charge on any atom is 0.123 e. The van der Waals surface area contributed by atoms with Crippen molar-refractivity contribution in [1.82, 2.24) is 0 Å². The van der Waals surface area contributed by atoms with Gasteiger partial charge in [0.1, 0.15) is 10.0 Å². The van der Waals surface area contributed by atoms with E-state index in [2.05, 4.69) is 0 Å². The average molecular weight is 183 g/mol. The molecule has 1 saturated carbocycles. The lowest BCUT2D eigenvalue weighted by atomic mass is 9.85. The van der Waals surface area contributed by atoms with Crippen molar-refractivity contribution in [2.24, 2.45) is 0 Å². The largest absolute Gasteiger partial charge is 0.383 e. The Hall–Kier alpha value is 0.400. The monoisotopic (exact) mass is 182 g/mol. The van der Waals surface area contributed by atoms with Crippen LogP contribution in [0.3, 0.4) is 0 Å². The van der Waals surface area contributed by atoms with Gasteiger partial charge in [-0.25, -0.2) is 4.21 Å². The third-order valence-electron chi connectivity index (χ3n) is 2.01. The number of methoxy groups -OCH3 is 1. The van der Waals surface area contributed by atoms with Crippen molar-refractivity contribution in [2.45, 2.75) is 24.0 Å². The maximum atomic E-state index is 10.9. The molecule has 0 spiro atoms. The van der Waals surface area contributed by atoms with E-state index in [0.717, 1.165) is 19.3 Å². The predicted octanol–water partition coefficient (Wildman–Crippen LogP) is 1.46. The van der Waals surface area contributed by atoms with E-state index in [0.29, 0.717) is 6.61 Å². The van der Waals surface area contributed by atoms with Gasteiger partial charge in [-0.2, -0.15) is 0 Å². The SMILES string of the molecule is COCC1(S(=O)Cl)CCC1. The number of hydrogen-bond donors (Lipinski definition) is 0. The second-order valence-corrected chi connectivity index (χ2v) is 4.85. The van der Waals surface area contributed by atoms with Crippen LogP contribution in [0.25, 0.3) is 0 Å². The van der Waals surface area contributed by atoms with Crippen LogP contribution in [0.15, 0.2) is 0 Å². The van der Waals surface area contributed by atoms with Crippen molar-refractivity contribution in [2.75, 3.05) is 13.7 Å². The van der Waals surface area contributed by atoms with Crippen LogP contribution >= 0.6 is 10.7 Å². The van der Waals surface area contributed by atoms with Gasteiger partial charge in [0.25, 0.3) is 0 Å². The van der Waals surface area contributed by atoms with Gasteiger partial charge in [0.2, 0.25) is 0 Å². The first-order valence-corrected chi connectivity index (χ1v) is 5.26. The molecule has 0 heterocycles. The smallest absolute Gasteiger partial charge is 0.123 e. The van der Waals surface area contributed by atoms with Crippen LogP contribution in [0, 0.1) is 0 Å². The molecular formula is C6H11ClO2S. The zero-order valence-corrected chi connectivity index (χ0v) is 7.50. The second kappa shape index (κ2) is 3.20. The number of hydrogen-bond acceptors (Lipinski definition) is 2. The molecule has 2 nitrogen and oxygen atoms in total. The van der Waals surface area contributed by atoms with Gasteiger partial charge in [-0.05, 0) is 23.5 Å². The molecule has 1 aliphatic rings. The molecule has 1 atom stereocenters. The van der Waals surface area contributed by atoms with E-state index in [1.165, 1.54) is 0 Å². The predicted molar refractivity (Wildman–Crippen MR) is 42.5 cm³/mol. The zero-order chi connectivity index (χ0) is 7.61. The van der Waals surface area contributed by atoms with Crippen molar-refractivity contribution < 1.29 is 8.95 Å². The first-order valence-electron chi connectivity index (χ1n) is 3.28. The Balaban J connectivity index is 2.50. The molecule has 4 heteroatoms. The molecule has 10 heavy (non-hydrogen) atoms. The number of halogens is 1. The van der Waals surface area contributed by atoms with Crippen molar-refractivity contribution in [3.05, 3.63) is 0 Å². The highest BCUT2D eigenvalue weighted by Gasteiger charge is 2.42. The van der Waals surface area contributed by atoms with E-state index in [1.54, 1.807) is 7.11 Å². The lowest BCUT2D eigenvalue weighted by Gasteiger charge is -2.37. The minimum Gasteiger partial charge on any atom is -0.383 e. The normalized spacial score (nSPS) is 25.4. The van der Waals surface area contributed by atoms with Crippen LogP contribution in [0.1, 0.15) is 19.3 Å². The van der Waals surface area contributed by atoms with Gasteiger partial charge in [0, 0.05) is 7.11 Å². The highest BCUT2D eigenvalue weighted by atomic mass is 35.7. The van der Waals surface area contributed by atoms with E-state index >= 15 is 0 Å². The van der Waals surface area contributed by atoms with Gasteiger partial charge in [-0.15, -0.1) is 0 Å². The first kappa shape index (κ1) is 8.50. The fourth-order valence-electron chi connectivity index (χ4n) is 1.19. The first-order chi connectivity index (χ1) is 4.71. The standard InChI is InChI=1S/C6H11ClO2S/c1-9-5-6(10(7)8)3-2-4-6/h2-5H2,1H3. The molecule has 0 aliphatic heterocycles. The summed E-state index contributed by atoms with van der Waals surface area (Å²) >= 11 is 0. The Labute approximate surface area is 67.9 Å². The lowest BCUT2D eigenvalue weighted by molar-refractivity contribution is 0.131. The van der Waals surface area contributed by atoms with Crippen LogP contribution in [-0.2, 0) is 14.7 Å². The Morgan fingerprint density at radius 2 is 2.30 bits per heavy atom. The lowest BCUT2D eigenvalue weighted by Crippen LogP contribution is -2.43. The minimum absolute atomic E-state index is 0.212. The van der Waals surface area contributed by atoms with Crippen molar-refractivity contribution in [3.63, 3.8) is 0 Å². The molecule has 60 valence electrons. The molecule has 1 rings (SSSR count). The summed E-state index contributed by atoms with van der Waals surface area (Å²) in [4.78, 5) is 0. The zero-order valence-electron chi connectivity index (χ0n) is 5.93. The van der Waals surface area contributed by atoms with Gasteiger partial charge in [0.15, 0.2) is 0 Å². The van der Waals surface area contributed by atoms with Gasteiger partial charge in [0.05, 0.1) is 11.4 Å². The summed E-state index contributed by atoms with van der Waals surface area (Å²) in [6.45, 7) is 0.531. The highest BCUT2D eigenvalue weighted by molar-refractivity contribution is 8.09. The average Bonchev–Trinajstić information content (AvgIpc) is 1.77. The molecule has 0 bridgehead atoms. The van der Waals surface area contributed by atoms with E-state index < -0.39 is 10.0 Å². The topological polar surface area (TPSA) is 26.3 Å². The molecule has 1 unspecified atom stereocenters. The number of rotatable bonds is 3. The fraction of sp³-hybridized carbons (Fsp3) is 1.00. The highest BCUT2D eigenvalue weighted by Crippen LogP contribution is 2.39. The van der Waals surface area contributed by atoms with Crippen LogP contribution in [-0.4, -0.2) is 22.7 Å². The third kappa shape index (κ3) is 1.36. The van der Waals surface area contributed by atoms with Crippen LogP contribution < -0.4 is 0 Å². The summed E-state index contributed by atoms with van der Waals surface area (Å²) < 4.78 is 15.7. The Bertz CT molecular complexity index is 145. The van der Waals surface area contributed by atoms with Crippen LogP contribution in [0.5, 0.6) is 0 Å². The van der Waals surface area contributed by atoms with Crippen molar-refractivity contribution >= 4 is 20.7 Å². The van der Waals surface area contributed by atoms with E-state index in [-0.39, 0.29) is 4.75 Å². The minimum atomic E-state index is -1.23. The molecule has 0 aromatic heterocycles. The quantitative estimate of drug-likeness (QED) is 0.618. The van der Waals surface area contributed by atoms with Crippen molar-refractivity contribution in [1.29, 1.82) is 0 Å². The number of ether oxygens (including phenoxy) is 1. The van der Waals surface area contributed by atoms with E-state index in [1.807, 2.05) is 0 Å². The van der Waals surface area contributed by atoms with E-state index in [9.17, 15) is 4.21 Å². The molecule has 1 fully saturated rings. The molecule has 1 aliphatic carbocycles. The summed E-state index contributed by atoms with van der Waals surface area (Å²) in [5, 5.41) is 0. The van der Waals surface area contributed by atoms with Crippen molar-refractivity contribution in [3.8, 4) is 0 Å². The third-order valence-corrected chi connectivity index (χ3v) is 4.20. The van der Waals surface area contributed by atoms with Gasteiger partial charge < -0.3 is 4.74 Å². The van der Waals surface area contributed by atoms with Gasteiger partial charge >= 0.3 is 0 Å². The Morgan fingerprint density at radius 3 is 2.40 bits per heavy atom. The summed E-state index contributed by atoms with van der Waals surface area (Å²) in [6.07, 6.45) is 3.01. The van der Waals surface area contributed by atoms with E-state index in [4.69, 9.17) is 15.4 Å². The molecule has 0 amide bonds. The molecule has 0 N–H and O–H groups in total. The Morgan fingerprint density at radius 1 is 1.70 bits per heavy atom. The maximum absolute atomic E-state index is 10.9. The van der Waals surface area contributed by atoms with Crippen LogP contribution in [0.2, 0.25) is 0 Å². The molecular weight excluding hydrogens is 172 g/mol.